The Morgan fingerprint density at radius 1 is 1.21 bits per heavy atom. The molecular formula is C16H28O2Si. The summed E-state index contributed by atoms with van der Waals surface area (Å²) in [5.41, 5.74) is 0. The van der Waals surface area contributed by atoms with E-state index < -0.39 is 8.32 Å². The summed E-state index contributed by atoms with van der Waals surface area (Å²) in [4.78, 5) is 12.7. The van der Waals surface area contributed by atoms with Gasteiger partial charge in [0.1, 0.15) is 6.10 Å². The summed E-state index contributed by atoms with van der Waals surface area (Å²) >= 11 is 0. The molecule has 108 valence electrons. The lowest BCUT2D eigenvalue weighted by molar-refractivity contribution is -0.130. The van der Waals surface area contributed by atoms with Gasteiger partial charge in [-0.2, -0.15) is 0 Å². The Bertz CT molecular complexity index is 338. The van der Waals surface area contributed by atoms with Crippen LogP contribution in [0.3, 0.4) is 0 Å². The van der Waals surface area contributed by atoms with Crippen LogP contribution in [0.25, 0.3) is 0 Å². The summed E-state index contributed by atoms with van der Waals surface area (Å²) in [6.45, 7) is 6.69. The molecule has 2 rings (SSSR count). The fourth-order valence-corrected chi connectivity index (χ4v) is 6.53. The van der Waals surface area contributed by atoms with E-state index in [1.54, 1.807) is 0 Å². The van der Waals surface area contributed by atoms with Gasteiger partial charge in [0.15, 0.2) is 14.1 Å². The highest BCUT2D eigenvalue weighted by atomic mass is 28.4. The van der Waals surface area contributed by atoms with Crippen molar-refractivity contribution in [2.75, 3.05) is 0 Å². The average molecular weight is 280 g/mol. The zero-order valence-corrected chi connectivity index (χ0v) is 13.7. The molecule has 0 unspecified atom stereocenters. The summed E-state index contributed by atoms with van der Waals surface area (Å²) in [7, 11) is -1.67. The molecule has 0 bridgehead atoms. The third-order valence-electron chi connectivity index (χ3n) is 5.31. The number of hydrogen-bond acceptors (Lipinski definition) is 2. The Hall–Kier alpha value is -0.413. The largest absolute Gasteiger partial charge is 0.407 e. The summed E-state index contributed by atoms with van der Waals surface area (Å²) in [5, 5.41) is 0. The number of carbonyl (C=O) groups is 1. The second-order valence-electron chi connectivity index (χ2n) is 6.12. The third kappa shape index (κ3) is 3.02. The van der Waals surface area contributed by atoms with Gasteiger partial charge in [0, 0.05) is 5.92 Å². The second kappa shape index (κ2) is 6.36. The molecule has 2 aliphatic rings. The van der Waals surface area contributed by atoms with E-state index in [1.165, 1.54) is 12.8 Å². The maximum atomic E-state index is 12.7. The van der Waals surface area contributed by atoms with Crippen LogP contribution in [0.4, 0.5) is 0 Å². The van der Waals surface area contributed by atoms with Gasteiger partial charge in [-0.15, -0.1) is 0 Å². The molecule has 3 heteroatoms. The molecule has 1 saturated carbocycles. The van der Waals surface area contributed by atoms with Gasteiger partial charge in [-0.05, 0) is 43.3 Å². The smallest absolute Gasteiger partial charge is 0.193 e. The van der Waals surface area contributed by atoms with Gasteiger partial charge < -0.3 is 4.43 Å². The van der Waals surface area contributed by atoms with E-state index in [2.05, 4.69) is 32.9 Å². The van der Waals surface area contributed by atoms with Gasteiger partial charge >= 0.3 is 0 Å². The number of hydrogen-bond donors (Lipinski definition) is 0. The minimum absolute atomic E-state index is 0.143. The molecule has 0 aromatic heterocycles. The van der Waals surface area contributed by atoms with Crippen molar-refractivity contribution < 1.29 is 9.22 Å². The molecule has 0 N–H and O–H groups in total. The Balaban J connectivity index is 2.11. The molecule has 2 nitrogen and oxygen atoms in total. The van der Waals surface area contributed by atoms with Crippen LogP contribution >= 0.6 is 0 Å². The topological polar surface area (TPSA) is 26.3 Å². The minimum atomic E-state index is -1.67. The monoisotopic (exact) mass is 280 g/mol. The van der Waals surface area contributed by atoms with Crippen molar-refractivity contribution in [1.82, 2.24) is 0 Å². The first kappa shape index (κ1) is 15.0. The summed E-state index contributed by atoms with van der Waals surface area (Å²) in [5.74, 6) is 1.16. The van der Waals surface area contributed by atoms with Gasteiger partial charge in [-0.3, -0.25) is 4.79 Å². The number of rotatable bonds is 5. The fourth-order valence-electron chi connectivity index (χ4n) is 3.71. The second-order valence-corrected chi connectivity index (χ2v) is 10.8. The van der Waals surface area contributed by atoms with Crippen LogP contribution in [0.1, 0.15) is 46.5 Å². The van der Waals surface area contributed by atoms with Crippen LogP contribution in [0.15, 0.2) is 12.2 Å². The molecule has 3 atom stereocenters. The molecule has 0 radical (unpaired) electrons. The van der Waals surface area contributed by atoms with Crippen LogP contribution in [0.5, 0.6) is 0 Å². The Kier molecular flexibility index (Phi) is 5.01. The zero-order chi connectivity index (χ0) is 13.9. The molecule has 0 saturated heterocycles. The number of ketones is 1. The van der Waals surface area contributed by atoms with Crippen molar-refractivity contribution in [1.29, 1.82) is 0 Å². The molecule has 0 heterocycles. The SMILES string of the molecule is CC[Si](CC)(CC)O[C@H]1CC=C[C@H]2CCC[C@H]2C1=O. The van der Waals surface area contributed by atoms with Crippen LogP contribution in [-0.2, 0) is 9.22 Å². The van der Waals surface area contributed by atoms with E-state index in [4.69, 9.17) is 4.43 Å². The van der Waals surface area contributed by atoms with Crippen molar-refractivity contribution in [2.24, 2.45) is 11.8 Å². The van der Waals surface area contributed by atoms with Crippen molar-refractivity contribution in [3.8, 4) is 0 Å². The first-order chi connectivity index (χ1) is 9.15. The predicted octanol–water partition coefficient (Wildman–Crippen LogP) is 4.32. The van der Waals surface area contributed by atoms with Gasteiger partial charge in [-0.25, -0.2) is 0 Å². The van der Waals surface area contributed by atoms with E-state index in [9.17, 15) is 4.79 Å². The molecule has 0 amide bonds. The van der Waals surface area contributed by atoms with Gasteiger partial charge in [0.05, 0.1) is 0 Å². The van der Waals surface area contributed by atoms with Crippen molar-refractivity contribution >= 4 is 14.1 Å². The molecule has 1 fully saturated rings. The van der Waals surface area contributed by atoms with Crippen molar-refractivity contribution in [3.63, 3.8) is 0 Å². The van der Waals surface area contributed by atoms with Crippen molar-refractivity contribution in [2.45, 2.75) is 70.7 Å². The first-order valence-corrected chi connectivity index (χ1v) is 10.6. The van der Waals surface area contributed by atoms with Gasteiger partial charge in [-0.1, -0.05) is 39.3 Å². The van der Waals surface area contributed by atoms with Crippen LogP contribution in [-0.4, -0.2) is 20.2 Å². The van der Waals surface area contributed by atoms with E-state index in [0.29, 0.717) is 11.7 Å². The molecule has 0 aromatic rings. The standard InChI is InChI=1S/C16H28O2Si/c1-4-19(5-2,6-3)18-15-12-8-10-13-9-7-11-14(13)16(15)17/h8,10,13-15H,4-7,9,11-12H2,1-3H3/t13-,14-,15+/m1/s1. The normalized spacial score (nSPS) is 31.3. The lowest BCUT2D eigenvalue weighted by atomic mass is 9.91. The number of Topliss-reactive ketones (excluding diaryl/α,β-unsaturated/α-hetero) is 1. The Labute approximate surface area is 118 Å². The third-order valence-corrected chi connectivity index (χ3v) is 9.96. The van der Waals surface area contributed by atoms with E-state index >= 15 is 0 Å². The van der Waals surface area contributed by atoms with E-state index in [0.717, 1.165) is 31.0 Å². The van der Waals surface area contributed by atoms with Gasteiger partial charge in [0.2, 0.25) is 0 Å². The highest BCUT2D eigenvalue weighted by Gasteiger charge is 2.40. The predicted molar refractivity (Wildman–Crippen MR) is 81.7 cm³/mol. The molecule has 2 aliphatic carbocycles. The summed E-state index contributed by atoms with van der Waals surface area (Å²) in [6.07, 6.45) is 8.63. The van der Waals surface area contributed by atoms with Gasteiger partial charge in [0.25, 0.3) is 0 Å². The van der Waals surface area contributed by atoms with E-state index in [-0.39, 0.29) is 12.0 Å². The Morgan fingerprint density at radius 3 is 2.53 bits per heavy atom. The van der Waals surface area contributed by atoms with Crippen LogP contribution in [0, 0.1) is 11.8 Å². The number of carbonyl (C=O) groups excluding carboxylic acids is 1. The highest BCUT2D eigenvalue weighted by molar-refractivity contribution is 6.73. The molecule has 0 spiro atoms. The lowest BCUT2D eigenvalue weighted by Gasteiger charge is -2.33. The van der Waals surface area contributed by atoms with E-state index in [1.807, 2.05) is 0 Å². The lowest BCUT2D eigenvalue weighted by Crippen LogP contribution is -2.44. The van der Waals surface area contributed by atoms with Crippen LogP contribution < -0.4 is 0 Å². The number of allylic oxidation sites excluding steroid dienone is 1. The van der Waals surface area contributed by atoms with Crippen LogP contribution in [0.2, 0.25) is 18.1 Å². The minimum Gasteiger partial charge on any atom is -0.407 e. The maximum absolute atomic E-state index is 12.7. The molecule has 0 aromatic carbocycles. The molecule has 19 heavy (non-hydrogen) atoms. The number of fused-ring (bicyclic) bond motifs is 1. The van der Waals surface area contributed by atoms with Crippen molar-refractivity contribution in [3.05, 3.63) is 12.2 Å². The highest BCUT2D eigenvalue weighted by Crippen LogP contribution is 2.38. The molecule has 0 aliphatic heterocycles. The summed E-state index contributed by atoms with van der Waals surface area (Å²) in [6, 6.07) is 3.38. The quantitative estimate of drug-likeness (QED) is 0.554. The maximum Gasteiger partial charge on any atom is 0.193 e. The summed E-state index contributed by atoms with van der Waals surface area (Å²) < 4.78 is 6.47. The zero-order valence-electron chi connectivity index (χ0n) is 12.7. The first-order valence-electron chi connectivity index (χ1n) is 8.04. The Morgan fingerprint density at radius 2 is 1.89 bits per heavy atom. The fraction of sp³-hybridized carbons (Fsp3) is 0.812. The molecular weight excluding hydrogens is 252 g/mol. The average Bonchev–Trinajstić information content (AvgIpc) is 2.86.